The number of hydrogen-bond acceptors (Lipinski definition) is 13. The van der Waals surface area contributed by atoms with E-state index in [9.17, 15) is 5.11 Å². The molecule has 3 heterocycles. The zero-order chi connectivity index (χ0) is 50.9. The number of methoxy groups -OCH3 is 4. The van der Waals surface area contributed by atoms with Crippen molar-refractivity contribution >= 4 is 22.7 Å². The van der Waals surface area contributed by atoms with Gasteiger partial charge in [-0.15, -0.1) is 0 Å². The zero-order valence-corrected chi connectivity index (χ0v) is 41.6. The van der Waals surface area contributed by atoms with Crippen LogP contribution in [0.2, 0.25) is 0 Å². The van der Waals surface area contributed by atoms with E-state index in [0.29, 0.717) is 35.8 Å². The molecule has 74 heavy (non-hydrogen) atoms. The standard InChI is InChI=1S/C60H57N5O9/c1-67-47-24-16-40(17-25-47)52-15-8-10-42(56(52)41-18-26-48(68-2)27-19-41)36-71-37-54-53(66)35-55(74-54)65-39-63-57-58(61-38-62-59(57)65)64-46-13-9-14-51(34-46)72-32-33-73-60(43-11-6-5-7-12-43,44-20-28-49(69-3)29-21-44)45-22-30-50(70-4)31-23-45/h5-31,34,38-39,53-55,66H,32-33,35-37H2,1-4H3,(H,61,62,64)/t53-,54+,55+/m0/s1. The third kappa shape index (κ3) is 10.5. The van der Waals surface area contributed by atoms with Gasteiger partial charge in [-0.1, -0.05) is 103 Å². The summed E-state index contributed by atoms with van der Waals surface area (Å²) in [5.74, 6) is 4.19. The Kier molecular flexibility index (Phi) is 15.1. The van der Waals surface area contributed by atoms with Crippen LogP contribution >= 0.6 is 0 Å². The number of benzene rings is 7. The van der Waals surface area contributed by atoms with Gasteiger partial charge in [0.1, 0.15) is 59.6 Å². The number of nitrogens with zero attached hydrogens (tertiary/aromatic N) is 4. The minimum atomic E-state index is -0.972. The van der Waals surface area contributed by atoms with Crippen molar-refractivity contribution in [1.82, 2.24) is 19.5 Å². The molecule has 0 radical (unpaired) electrons. The van der Waals surface area contributed by atoms with E-state index in [1.165, 1.54) is 6.33 Å². The smallest absolute Gasteiger partial charge is 0.167 e. The van der Waals surface area contributed by atoms with Gasteiger partial charge in [0, 0.05) is 18.2 Å². The Bertz CT molecular complexity index is 3220. The number of aliphatic hydroxyl groups is 1. The summed E-state index contributed by atoms with van der Waals surface area (Å²) in [6.07, 6.45) is 1.58. The second-order valence-electron chi connectivity index (χ2n) is 17.6. The van der Waals surface area contributed by atoms with Crippen LogP contribution in [0.25, 0.3) is 33.4 Å². The van der Waals surface area contributed by atoms with E-state index in [1.807, 2.05) is 126 Å². The lowest BCUT2D eigenvalue weighted by atomic mass is 9.80. The number of anilines is 2. The molecule has 9 aromatic rings. The molecule has 14 nitrogen and oxygen atoms in total. The largest absolute Gasteiger partial charge is 0.497 e. The first-order valence-corrected chi connectivity index (χ1v) is 24.4. The molecule has 10 rings (SSSR count). The Morgan fingerprint density at radius 3 is 1.88 bits per heavy atom. The first kappa shape index (κ1) is 49.3. The summed E-state index contributed by atoms with van der Waals surface area (Å²) < 4.78 is 49.9. The molecule has 0 aliphatic carbocycles. The SMILES string of the molecule is COc1ccc(-c2cccc(COC[C@H]3O[C@@H](n4cnc5c(Nc6cccc(OCCOC(c7ccccc7)(c7ccc(OC)cc7)c7ccc(OC)cc7)c6)ncnc54)C[C@@H]3O)c2-c2ccc(OC)cc2)cc1. The van der Waals surface area contributed by atoms with Crippen LogP contribution in [0.1, 0.15) is 34.9 Å². The fourth-order valence-electron chi connectivity index (χ4n) is 9.53. The molecule has 7 aromatic carbocycles. The summed E-state index contributed by atoms with van der Waals surface area (Å²) in [6, 6.07) is 55.9. The van der Waals surface area contributed by atoms with Gasteiger partial charge in [0.25, 0.3) is 0 Å². The molecule has 0 bridgehead atoms. The molecule has 376 valence electrons. The summed E-state index contributed by atoms with van der Waals surface area (Å²) in [7, 11) is 6.63. The fourth-order valence-corrected chi connectivity index (χ4v) is 9.53. The van der Waals surface area contributed by atoms with Crippen molar-refractivity contribution in [3.8, 4) is 51.0 Å². The van der Waals surface area contributed by atoms with Gasteiger partial charge in [-0.25, -0.2) is 15.0 Å². The van der Waals surface area contributed by atoms with Crippen molar-refractivity contribution in [2.45, 2.75) is 37.1 Å². The summed E-state index contributed by atoms with van der Waals surface area (Å²) in [5.41, 5.74) is 8.86. The lowest BCUT2D eigenvalue weighted by Gasteiger charge is -2.36. The minimum absolute atomic E-state index is 0.171. The molecule has 1 aliphatic heterocycles. The van der Waals surface area contributed by atoms with Crippen molar-refractivity contribution in [3.63, 3.8) is 0 Å². The van der Waals surface area contributed by atoms with Crippen molar-refractivity contribution in [1.29, 1.82) is 0 Å². The maximum absolute atomic E-state index is 11.3. The first-order chi connectivity index (χ1) is 36.4. The van der Waals surface area contributed by atoms with Crippen LogP contribution in [0.3, 0.4) is 0 Å². The van der Waals surface area contributed by atoms with E-state index in [2.05, 4.69) is 63.8 Å². The highest BCUT2D eigenvalue weighted by Gasteiger charge is 2.38. The van der Waals surface area contributed by atoms with Crippen LogP contribution in [0, 0.1) is 0 Å². The number of rotatable bonds is 21. The van der Waals surface area contributed by atoms with Crippen molar-refractivity contribution in [2.24, 2.45) is 0 Å². The minimum Gasteiger partial charge on any atom is -0.497 e. The van der Waals surface area contributed by atoms with Gasteiger partial charge in [0.2, 0.25) is 0 Å². The van der Waals surface area contributed by atoms with Crippen molar-refractivity contribution in [3.05, 3.63) is 205 Å². The topological polar surface area (TPSA) is 150 Å². The Labute approximate surface area is 430 Å². The molecule has 0 unspecified atom stereocenters. The summed E-state index contributed by atoms with van der Waals surface area (Å²) in [5, 5.41) is 14.7. The summed E-state index contributed by atoms with van der Waals surface area (Å²) >= 11 is 0. The predicted octanol–water partition coefficient (Wildman–Crippen LogP) is 11.2. The Hall–Kier alpha value is -8.27. The molecule has 0 saturated carbocycles. The number of nitrogens with one attached hydrogen (secondary N) is 1. The van der Waals surface area contributed by atoms with Gasteiger partial charge in [0.05, 0.1) is 60.7 Å². The van der Waals surface area contributed by atoms with Gasteiger partial charge in [0.15, 0.2) is 17.0 Å². The molecular weight excluding hydrogens is 935 g/mol. The van der Waals surface area contributed by atoms with E-state index in [-0.39, 0.29) is 19.8 Å². The highest BCUT2D eigenvalue weighted by Crippen LogP contribution is 2.42. The van der Waals surface area contributed by atoms with Crippen LogP contribution in [-0.2, 0) is 26.4 Å². The van der Waals surface area contributed by atoms with Gasteiger partial charge >= 0.3 is 0 Å². The van der Waals surface area contributed by atoms with Gasteiger partial charge in [-0.3, -0.25) is 4.57 Å². The molecule has 3 atom stereocenters. The lowest BCUT2D eigenvalue weighted by Crippen LogP contribution is -2.34. The van der Waals surface area contributed by atoms with E-state index in [4.69, 9.17) is 42.9 Å². The molecule has 1 aliphatic rings. The molecule has 2 N–H and O–H groups in total. The third-order valence-electron chi connectivity index (χ3n) is 13.3. The number of imidazole rings is 1. The molecular formula is C60H57N5O9. The number of fused-ring (bicyclic) bond motifs is 1. The van der Waals surface area contributed by atoms with Crippen molar-refractivity contribution in [2.75, 3.05) is 53.6 Å². The zero-order valence-electron chi connectivity index (χ0n) is 41.6. The van der Waals surface area contributed by atoms with Gasteiger partial charge < -0.3 is 48.3 Å². The normalized spacial score (nSPS) is 15.4. The molecule has 0 spiro atoms. The fraction of sp³-hybridized carbons (Fsp3) is 0.217. The highest BCUT2D eigenvalue weighted by atomic mass is 16.6. The van der Waals surface area contributed by atoms with Gasteiger partial charge in [-0.2, -0.15) is 0 Å². The molecule has 1 fully saturated rings. The van der Waals surface area contributed by atoms with Crippen LogP contribution in [0.5, 0.6) is 28.7 Å². The average molecular weight is 992 g/mol. The quantitative estimate of drug-likeness (QED) is 0.0520. The Balaban J connectivity index is 0.800. The van der Waals surface area contributed by atoms with Crippen LogP contribution in [0.4, 0.5) is 11.5 Å². The van der Waals surface area contributed by atoms with E-state index in [1.54, 1.807) is 34.8 Å². The molecule has 14 heteroatoms. The first-order valence-electron chi connectivity index (χ1n) is 24.4. The molecule has 2 aromatic heterocycles. The maximum Gasteiger partial charge on any atom is 0.167 e. The number of aliphatic hydroxyl groups excluding tert-OH is 1. The van der Waals surface area contributed by atoms with Gasteiger partial charge in [-0.05, 0) is 105 Å². The predicted molar refractivity (Wildman–Crippen MR) is 283 cm³/mol. The van der Waals surface area contributed by atoms with Crippen LogP contribution in [-0.4, -0.2) is 85.1 Å². The van der Waals surface area contributed by atoms with E-state index < -0.39 is 24.0 Å². The monoisotopic (exact) mass is 991 g/mol. The average Bonchev–Trinajstić information content (AvgIpc) is 4.07. The Morgan fingerprint density at radius 1 is 0.622 bits per heavy atom. The summed E-state index contributed by atoms with van der Waals surface area (Å²) in [4.78, 5) is 13.9. The highest BCUT2D eigenvalue weighted by molar-refractivity contribution is 5.87. The molecule has 1 saturated heterocycles. The maximum atomic E-state index is 11.3. The van der Waals surface area contributed by atoms with Crippen LogP contribution < -0.4 is 29.0 Å². The van der Waals surface area contributed by atoms with E-state index in [0.717, 1.165) is 73.2 Å². The number of ether oxygens (including phenoxy) is 8. The van der Waals surface area contributed by atoms with Crippen LogP contribution in [0.15, 0.2) is 183 Å². The van der Waals surface area contributed by atoms with Crippen molar-refractivity contribution < 1.29 is 43.0 Å². The van der Waals surface area contributed by atoms with E-state index >= 15 is 0 Å². The Morgan fingerprint density at radius 2 is 1.23 bits per heavy atom. The lowest BCUT2D eigenvalue weighted by molar-refractivity contribution is -0.0646. The summed E-state index contributed by atoms with van der Waals surface area (Å²) in [6.45, 7) is 0.978. The third-order valence-corrected chi connectivity index (χ3v) is 13.3. The second-order valence-corrected chi connectivity index (χ2v) is 17.6. The number of aromatic nitrogens is 4. The second kappa shape index (κ2) is 22.7. The number of hydrogen-bond donors (Lipinski definition) is 2. The molecule has 0 amide bonds.